The average Bonchev–Trinajstić information content (AvgIpc) is 3.21. The molecule has 1 amide bonds. The Bertz CT molecular complexity index is 868. The van der Waals surface area contributed by atoms with Gasteiger partial charge in [-0.1, -0.05) is 0 Å². The molecule has 0 unspecified atom stereocenters. The molecular formula is C21H30N6O2. The number of likely N-dealkylation sites (tertiary alicyclic amines) is 1. The van der Waals surface area contributed by atoms with Crippen LogP contribution in [-0.4, -0.2) is 60.9 Å². The lowest BCUT2D eigenvalue weighted by molar-refractivity contribution is -0.130. The van der Waals surface area contributed by atoms with Crippen LogP contribution in [0.15, 0.2) is 18.6 Å². The van der Waals surface area contributed by atoms with Crippen LogP contribution in [-0.2, 0) is 18.3 Å². The number of nitrogens with zero attached hydrogens (tertiary/aromatic N) is 5. The molecule has 1 saturated carbocycles. The van der Waals surface area contributed by atoms with Crippen molar-refractivity contribution in [2.24, 2.45) is 18.9 Å². The Kier molecular flexibility index (Phi) is 5.54. The number of amides is 1. The minimum atomic E-state index is -0.436. The summed E-state index contributed by atoms with van der Waals surface area (Å²) in [6.45, 7) is 5.59. The maximum atomic E-state index is 12.8. The number of carbonyl (C=O) groups is 1. The highest BCUT2D eigenvalue weighted by molar-refractivity contribution is 5.77. The Labute approximate surface area is 171 Å². The van der Waals surface area contributed by atoms with Crippen molar-refractivity contribution in [3.63, 3.8) is 0 Å². The fourth-order valence-corrected chi connectivity index (χ4v) is 4.92. The number of nitrogens with one attached hydrogen (secondary N) is 1. The number of aliphatic hydroxyl groups is 1. The summed E-state index contributed by atoms with van der Waals surface area (Å²) in [5.74, 6) is 1.67. The minimum absolute atomic E-state index is 0.0521. The minimum Gasteiger partial charge on any atom is -0.391 e. The molecule has 1 saturated heterocycles. The third kappa shape index (κ3) is 4.12. The zero-order valence-electron chi connectivity index (χ0n) is 17.4. The highest BCUT2D eigenvalue weighted by Crippen LogP contribution is 2.37. The lowest BCUT2D eigenvalue weighted by Gasteiger charge is -2.35. The van der Waals surface area contributed by atoms with Gasteiger partial charge in [0.25, 0.3) is 0 Å². The van der Waals surface area contributed by atoms with Crippen molar-refractivity contribution >= 4 is 11.7 Å². The number of aliphatic hydroxyl groups excluding tert-OH is 1. The molecule has 0 spiro atoms. The van der Waals surface area contributed by atoms with E-state index in [0.717, 1.165) is 37.3 Å². The van der Waals surface area contributed by atoms with Crippen molar-refractivity contribution < 1.29 is 9.90 Å². The van der Waals surface area contributed by atoms with Gasteiger partial charge in [-0.2, -0.15) is 5.10 Å². The summed E-state index contributed by atoms with van der Waals surface area (Å²) in [6.07, 6.45) is 7.31. The summed E-state index contributed by atoms with van der Waals surface area (Å²) >= 11 is 0. The van der Waals surface area contributed by atoms with Gasteiger partial charge < -0.3 is 15.3 Å². The summed E-state index contributed by atoms with van der Waals surface area (Å²) in [6, 6.07) is -0.0521. The fraction of sp³-hybridized carbons (Fsp3) is 0.619. The topological polar surface area (TPSA) is 96.2 Å². The molecule has 8 heteroatoms. The first-order valence-corrected chi connectivity index (χ1v) is 10.4. The summed E-state index contributed by atoms with van der Waals surface area (Å²) < 4.78 is 1.88. The molecule has 4 atom stereocenters. The second kappa shape index (κ2) is 8.10. The van der Waals surface area contributed by atoms with Crippen LogP contribution in [0, 0.1) is 25.7 Å². The van der Waals surface area contributed by atoms with E-state index in [9.17, 15) is 9.90 Å². The second-order valence-corrected chi connectivity index (χ2v) is 8.47. The van der Waals surface area contributed by atoms with Crippen LogP contribution in [0.5, 0.6) is 0 Å². The van der Waals surface area contributed by atoms with Gasteiger partial charge in [-0.25, -0.2) is 4.98 Å². The Morgan fingerprint density at radius 1 is 1.24 bits per heavy atom. The normalized spacial score (nSPS) is 26.4. The van der Waals surface area contributed by atoms with Gasteiger partial charge in [0, 0.05) is 44.6 Å². The largest absolute Gasteiger partial charge is 0.391 e. The molecule has 0 radical (unpaired) electrons. The van der Waals surface area contributed by atoms with Crippen molar-refractivity contribution in [1.82, 2.24) is 24.6 Å². The van der Waals surface area contributed by atoms with Crippen LogP contribution in [0.2, 0.25) is 0 Å². The number of hydrogen-bond acceptors (Lipinski definition) is 6. The first kappa shape index (κ1) is 19.8. The Morgan fingerprint density at radius 2 is 2.00 bits per heavy atom. The van der Waals surface area contributed by atoms with Crippen molar-refractivity contribution in [3.8, 4) is 0 Å². The van der Waals surface area contributed by atoms with E-state index >= 15 is 0 Å². The van der Waals surface area contributed by atoms with E-state index in [4.69, 9.17) is 0 Å². The molecule has 29 heavy (non-hydrogen) atoms. The van der Waals surface area contributed by atoms with Crippen LogP contribution >= 0.6 is 0 Å². The summed E-state index contributed by atoms with van der Waals surface area (Å²) in [5, 5.41) is 18.4. The summed E-state index contributed by atoms with van der Waals surface area (Å²) in [4.78, 5) is 23.2. The maximum Gasteiger partial charge on any atom is 0.222 e. The zero-order valence-corrected chi connectivity index (χ0v) is 17.4. The smallest absolute Gasteiger partial charge is 0.222 e. The maximum absolute atomic E-state index is 12.8. The number of aromatic nitrogens is 4. The number of rotatable bonds is 5. The van der Waals surface area contributed by atoms with Crippen LogP contribution in [0.25, 0.3) is 0 Å². The lowest BCUT2D eigenvalue weighted by atomic mass is 9.77. The van der Waals surface area contributed by atoms with Crippen LogP contribution in [0.4, 0.5) is 5.82 Å². The Morgan fingerprint density at radius 3 is 2.66 bits per heavy atom. The van der Waals surface area contributed by atoms with Gasteiger partial charge in [0.2, 0.25) is 5.91 Å². The standard InChI is InChI=1S/C21H30N6O2/c1-13-17(14(2)26(3)25-13)4-5-21(29)27-11-15-8-18(19(28)9-16(15)12-27)24-20-10-22-6-7-23-20/h6-7,10,15-16,18-19,28H,4-5,8-9,11-12H2,1-3H3,(H,23,24)/t15-,16+,18-,19-/m1/s1. The van der Waals surface area contributed by atoms with Crippen molar-refractivity contribution in [3.05, 3.63) is 35.5 Å². The number of fused-ring (bicyclic) bond motifs is 1. The molecule has 156 valence electrons. The van der Waals surface area contributed by atoms with Gasteiger partial charge in [-0.05, 0) is 50.5 Å². The highest BCUT2D eigenvalue weighted by atomic mass is 16.3. The number of aryl methyl sites for hydroxylation is 2. The number of hydrogen-bond donors (Lipinski definition) is 2. The van der Waals surface area contributed by atoms with Crippen molar-refractivity contribution in [1.29, 1.82) is 0 Å². The lowest BCUT2D eigenvalue weighted by Crippen LogP contribution is -2.43. The fourth-order valence-electron chi connectivity index (χ4n) is 4.92. The zero-order chi connectivity index (χ0) is 20.5. The Balaban J connectivity index is 1.33. The molecule has 2 aromatic rings. The van der Waals surface area contributed by atoms with Crippen molar-refractivity contribution in [2.45, 2.75) is 51.7 Å². The van der Waals surface area contributed by atoms with E-state index in [1.807, 2.05) is 23.6 Å². The second-order valence-electron chi connectivity index (χ2n) is 8.47. The van der Waals surface area contributed by atoms with E-state index in [1.54, 1.807) is 18.6 Å². The quantitative estimate of drug-likeness (QED) is 0.792. The monoisotopic (exact) mass is 398 g/mol. The molecule has 1 aliphatic heterocycles. The van der Waals surface area contributed by atoms with Gasteiger partial charge in [0.15, 0.2) is 0 Å². The SMILES string of the molecule is Cc1nn(C)c(C)c1CCC(=O)N1C[C@H]2C[C@@H](Nc3cnccn3)[C@H](O)C[C@H]2C1. The molecule has 4 rings (SSSR count). The Hall–Kier alpha value is -2.48. The molecule has 8 nitrogen and oxygen atoms in total. The predicted molar refractivity (Wildman–Crippen MR) is 109 cm³/mol. The first-order chi connectivity index (χ1) is 13.9. The van der Waals surface area contributed by atoms with Crippen LogP contribution in [0.1, 0.15) is 36.2 Å². The molecule has 1 aliphatic carbocycles. The average molecular weight is 399 g/mol. The predicted octanol–water partition coefficient (Wildman–Crippen LogP) is 1.47. The van der Waals surface area contributed by atoms with E-state index < -0.39 is 6.10 Å². The molecule has 2 fully saturated rings. The number of anilines is 1. The molecule has 0 aromatic carbocycles. The van der Waals surface area contributed by atoms with Crippen molar-refractivity contribution in [2.75, 3.05) is 18.4 Å². The van der Waals surface area contributed by atoms with Gasteiger partial charge in [-0.3, -0.25) is 14.5 Å². The van der Waals surface area contributed by atoms with Crippen LogP contribution < -0.4 is 5.32 Å². The third-order valence-electron chi connectivity index (χ3n) is 6.64. The summed E-state index contributed by atoms with van der Waals surface area (Å²) in [5.41, 5.74) is 3.32. The highest BCUT2D eigenvalue weighted by Gasteiger charge is 2.43. The van der Waals surface area contributed by atoms with E-state index in [-0.39, 0.29) is 11.9 Å². The van der Waals surface area contributed by atoms with Gasteiger partial charge in [0.1, 0.15) is 5.82 Å². The molecular weight excluding hydrogens is 368 g/mol. The molecule has 2 aliphatic rings. The number of carbonyl (C=O) groups excluding carboxylic acids is 1. The molecule has 0 bridgehead atoms. The molecule has 3 heterocycles. The van der Waals surface area contributed by atoms with E-state index in [2.05, 4.69) is 27.3 Å². The van der Waals surface area contributed by atoms with Gasteiger partial charge in [0.05, 0.1) is 24.0 Å². The van der Waals surface area contributed by atoms with Gasteiger partial charge in [-0.15, -0.1) is 0 Å². The van der Waals surface area contributed by atoms with Gasteiger partial charge >= 0.3 is 0 Å². The third-order valence-corrected chi connectivity index (χ3v) is 6.64. The van der Waals surface area contributed by atoms with E-state index in [0.29, 0.717) is 30.5 Å². The summed E-state index contributed by atoms with van der Waals surface area (Å²) in [7, 11) is 1.94. The first-order valence-electron chi connectivity index (χ1n) is 10.4. The molecule has 2 N–H and O–H groups in total. The van der Waals surface area contributed by atoms with E-state index in [1.165, 1.54) is 5.56 Å². The molecule has 2 aromatic heterocycles. The van der Waals surface area contributed by atoms with Crippen LogP contribution in [0.3, 0.4) is 0 Å².